The highest BCUT2D eigenvalue weighted by atomic mass is 16.5. The van der Waals surface area contributed by atoms with E-state index in [4.69, 9.17) is 9.15 Å². The van der Waals surface area contributed by atoms with Crippen LogP contribution in [0, 0.1) is 6.92 Å². The van der Waals surface area contributed by atoms with Gasteiger partial charge in [-0.25, -0.2) is 4.68 Å². The average Bonchev–Trinajstić information content (AvgIpc) is 3.41. The quantitative estimate of drug-likeness (QED) is 0.508. The SMILES string of the molecule is COc1ccc(-n2nc(-c3ccc(C)o3)cc2C(=O)NCCc2ccccn2)cc1. The van der Waals surface area contributed by atoms with E-state index < -0.39 is 0 Å². The van der Waals surface area contributed by atoms with Crippen molar-refractivity contribution in [2.75, 3.05) is 13.7 Å². The summed E-state index contributed by atoms with van der Waals surface area (Å²) >= 11 is 0. The van der Waals surface area contributed by atoms with Gasteiger partial charge in [0.1, 0.15) is 22.9 Å². The molecule has 1 amide bonds. The van der Waals surface area contributed by atoms with Crippen molar-refractivity contribution in [3.63, 3.8) is 0 Å². The summed E-state index contributed by atoms with van der Waals surface area (Å²) in [6, 6.07) is 18.6. The number of hydrogen-bond acceptors (Lipinski definition) is 5. The third-order valence-corrected chi connectivity index (χ3v) is 4.64. The summed E-state index contributed by atoms with van der Waals surface area (Å²) in [6.07, 6.45) is 2.39. The maximum absolute atomic E-state index is 13.0. The van der Waals surface area contributed by atoms with Gasteiger partial charge in [0, 0.05) is 30.9 Å². The van der Waals surface area contributed by atoms with Crippen molar-refractivity contribution < 1.29 is 13.9 Å². The number of aryl methyl sites for hydroxylation is 1. The van der Waals surface area contributed by atoms with E-state index in [0.29, 0.717) is 30.1 Å². The van der Waals surface area contributed by atoms with Crippen molar-refractivity contribution >= 4 is 5.91 Å². The predicted molar refractivity (Wildman–Crippen MR) is 113 cm³/mol. The second kappa shape index (κ2) is 8.65. The van der Waals surface area contributed by atoms with E-state index >= 15 is 0 Å². The summed E-state index contributed by atoms with van der Waals surface area (Å²) in [7, 11) is 1.61. The van der Waals surface area contributed by atoms with Gasteiger partial charge in [-0.05, 0) is 55.5 Å². The summed E-state index contributed by atoms with van der Waals surface area (Å²) in [5.74, 6) is 1.91. The number of furan rings is 1. The summed E-state index contributed by atoms with van der Waals surface area (Å²) in [4.78, 5) is 17.2. The van der Waals surface area contributed by atoms with Crippen LogP contribution < -0.4 is 10.1 Å². The summed E-state index contributed by atoms with van der Waals surface area (Å²) < 4.78 is 12.5. The summed E-state index contributed by atoms with van der Waals surface area (Å²) in [5, 5.41) is 7.57. The van der Waals surface area contributed by atoms with Crippen LogP contribution in [0.2, 0.25) is 0 Å². The Morgan fingerprint density at radius 2 is 1.97 bits per heavy atom. The van der Waals surface area contributed by atoms with Crippen molar-refractivity contribution in [3.05, 3.63) is 84.0 Å². The number of nitrogens with one attached hydrogen (secondary N) is 1. The molecule has 0 aliphatic carbocycles. The van der Waals surface area contributed by atoms with Crippen molar-refractivity contribution in [2.45, 2.75) is 13.3 Å². The lowest BCUT2D eigenvalue weighted by atomic mass is 10.2. The number of amides is 1. The molecule has 0 saturated heterocycles. The molecule has 0 fully saturated rings. The van der Waals surface area contributed by atoms with Crippen LogP contribution in [0.15, 0.2) is 71.3 Å². The number of carbonyl (C=O) groups is 1. The number of nitrogens with zero attached hydrogens (tertiary/aromatic N) is 3. The highest BCUT2D eigenvalue weighted by molar-refractivity contribution is 5.94. The van der Waals surface area contributed by atoms with Gasteiger partial charge >= 0.3 is 0 Å². The molecule has 4 rings (SSSR count). The molecule has 4 aromatic rings. The molecule has 30 heavy (non-hydrogen) atoms. The van der Waals surface area contributed by atoms with Gasteiger partial charge in [-0.15, -0.1) is 0 Å². The van der Waals surface area contributed by atoms with Crippen molar-refractivity contribution in [2.24, 2.45) is 0 Å². The molecule has 3 heterocycles. The molecule has 0 atom stereocenters. The minimum absolute atomic E-state index is 0.219. The Morgan fingerprint density at radius 1 is 1.13 bits per heavy atom. The second-order valence-electron chi connectivity index (χ2n) is 6.76. The lowest BCUT2D eigenvalue weighted by Crippen LogP contribution is -2.28. The largest absolute Gasteiger partial charge is 0.497 e. The van der Waals surface area contributed by atoms with E-state index in [0.717, 1.165) is 22.9 Å². The first-order valence-electron chi connectivity index (χ1n) is 9.63. The van der Waals surface area contributed by atoms with Crippen LogP contribution in [0.25, 0.3) is 17.1 Å². The zero-order valence-electron chi connectivity index (χ0n) is 16.8. The molecular weight excluding hydrogens is 380 g/mol. The maximum Gasteiger partial charge on any atom is 0.270 e. The van der Waals surface area contributed by atoms with Crippen LogP contribution >= 0.6 is 0 Å². The monoisotopic (exact) mass is 402 g/mol. The fourth-order valence-electron chi connectivity index (χ4n) is 3.10. The molecule has 3 aromatic heterocycles. The average molecular weight is 402 g/mol. The molecule has 0 bridgehead atoms. The molecule has 7 nitrogen and oxygen atoms in total. The number of hydrogen-bond donors (Lipinski definition) is 1. The minimum atomic E-state index is -0.219. The van der Waals surface area contributed by atoms with E-state index in [1.165, 1.54) is 0 Å². The summed E-state index contributed by atoms with van der Waals surface area (Å²) in [6.45, 7) is 2.34. The van der Waals surface area contributed by atoms with Gasteiger partial charge in [-0.3, -0.25) is 9.78 Å². The number of ether oxygens (including phenoxy) is 1. The first kappa shape index (κ1) is 19.4. The highest BCUT2D eigenvalue weighted by Gasteiger charge is 2.19. The molecule has 0 aliphatic rings. The number of pyridine rings is 1. The molecule has 7 heteroatoms. The molecule has 0 saturated carbocycles. The molecule has 0 spiro atoms. The van der Waals surface area contributed by atoms with E-state index in [2.05, 4.69) is 15.4 Å². The Kier molecular flexibility index (Phi) is 5.61. The Morgan fingerprint density at radius 3 is 2.63 bits per heavy atom. The number of carbonyl (C=O) groups excluding carboxylic acids is 1. The Labute approximate surface area is 174 Å². The molecular formula is C23H22N4O3. The number of methoxy groups -OCH3 is 1. The molecule has 1 aromatic carbocycles. The Balaban J connectivity index is 1.60. The first-order valence-corrected chi connectivity index (χ1v) is 9.63. The fourth-order valence-corrected chi connectivity index (χ4v) is 3.10. The Hall–Kier alpha value is -3.87. The minimum Gasteiger partial charge on any atom is -0.497 e. The zero-order valence-corrected chi connectivity index (χ0v) is 16.8. The standard InChI is InChI=1S/C23H22N4O3/c1-16-6-11-22(30-16)20-15-21(23(28)25-14-12-17-5-3-4-13-24-17)27(26-20)18-7-9-19(29-2)10-8-18/h3-11,13,15H,12,14H2,1-2H3,(H,25,28). The third kappa shape index (κ3) is 4.25. The van der Waals surface area contributed by atoms with E-state index in [9.17, 15) is 4.79 Å². The van der Waals surface area contributed by atoms with Crippen LogP contribution in [0.1, 0.15) is 21.9 Å². The van der Waals surface area contributed by atoms with Gasteiger partial charge in [0.2, 0.25) is 0 Å². The van der Waals surface area contributed by atoms with Crippen LogP contribution in [0.3, 0.4) is 0 Å². The molecule has 152 valence electrons. The normalized spacial score (nSPS) is 10.7. The van der Waals surface area contributed by atoms with Crippen LogP contribution in [-0.2, 0) is 6.42 Å². The van der Waals surface area contributed by atoms with Gasteiger partial charge < -0.3 is 14.5 Å². The zero-order chi connectivity index (χ0) is 20.9. The first-order chi connectivity index (χ1) is 14.6. The summed E-state index contributed by atoms with van der Waals surface area (Å²) in [5.41, 5.74) is 2.69. The molecule has 0 unspecified atom stereocenters. The predicted octanol–water partition coefficient (Wildman–Crippen LogP) is 3.82. The number of benzene rings is 1. The van der Waals surface area contributed by atoms with Gasteiger partial charge in [0.05, 0.1) is 12.8 Å². The second-order valence-corrected chi connectivity index (χ2v) is 6.76. The van der Waals surface area contributed by atoms with Gasteiger partial charge in [0.25, 0.3) is 5.91 Å². The van der Waals surface area contributed by atoms with Gasteiger partial charge in [-0.2, -0.15) is 5.10 Å². The van der Waals surface area contributed by atoms with Gasteiger partial charge in [0.15, 0.2) is 5.76 Å². The van der Waals surface area contributed by atoms with Crippen molar-refractivity contribution in [1.29, 1.82) is 0 Å². The van der Waals surface area contributed by atoms with Crippen molar-refractivity contribution in [1.82, 2.24) is 20.1 Å². The van der Waals surface area contributed by atoms with E-state index in [-0.39, 0.29) is 5.91 Å². The fraction of sp³-hybridized carbons (Fsp3) is 0.174. The van der Waals surface area contributed by atoms with Crippen LogP contribution in [-0.4, -0.2) is 34.3 Å². The maximum atomic E-state index is 13.0. The van der Waals surface area contributed by atoms with Gasteiger partial charge in [-0.1, -0.05) is 6.07 Å². The lowest BCUT2D eigenvalue weighted by Gasteiger charge is -2.09. The van der Waals surface area contributed by atoms with Crippen molar-refractivity contribution in [3.8, 4) is 22.9 Å². The Bertz CT molecular complexity index is 1130. The molecule has 1 N–H and O–H groups in total. The lowest BCUT2D eigenvalue weighted by molar-refractivity contribution is 0.0946. The van der Waals surface area contributed by atoms with Crippen LogP contribution in [0.5, 0.6) is 5.75 Å². The van der Waals surface area contributed by atoms with E-state index in [1.807, 2.05) is 61.5 Å². The smallest absolute Gasteiger partial charge is 0.270 e. The topological polar surface area (TPSA) is 82.2 Å². The molecule has 0 radical (unpaired) electrons. The third-order valence-electron chi connectivity index (χ3n) is 4.64. The van der Waals surface area contributed by atoms with E-state index in [1.54, 1.807) is 24.1 Å². The highest BCUT2D eigenvalue weighted by Crippen LogP contribution is 2.24. The number of rotatable bonds is 7. The number of aromatic nitrogens is 3. The molecule has 0 aliphatic heterocycles. The van der Waals surface area contributed by atoms with Crippen LogP contribution in [0.4, 0.5) is 0 Å².